The summed E-state index contributed by atoms with van der Waals surface area (Å²) in [5.74, 6) is -1.85. The minimum Gasteiger partial charge on any atom is -0.457 e. The highest BCUT2D eigenvalue weighted by molar-refractivity contribution is 7.80. The summed E-state index contributed by atoms with van der Waals surface area (Å²) in [6.45, 7) is 0. The van der Waals surface area contributed by atoms with Gasteiger partial charge in [0, 0.05) is 12.2 Å². The van der Waals surface area contributed by atoms with Crippen LogP contribution in [0, 0.1) is 0 Å². The maximum atomic E-state index is 13.4. The highest BCUT2D eigenvalue weighted by Gasteiger charge is 2.32. The lowest BCUT2D eigenvalue weighted by Crippen LogP contribution is -2.57. The molecule has 0 aromatic heterocycles. The van der Waals surface area contributed by atoms with Gasteiger partial charge >= 0.3 is 5.97 Å². The Balaban J connectivity index is 1.92. The second kappa shape index (κ2) is 16.9. The lowest BCUT2D eigenvalue weighted by molar-refractivity contribution is -0.151. The number of benzene rings is 2. The van der Waals surface area contributed by atoms with Gasteiger partial charge in [-0.05, 0) is 35.8 Å². The lowest BCUT2D eigenvalue weighted by atomic mass is 9.98. The third-order valence-electron chi connectivity index (χ3n) is 6.53. The van der Waals surface area contributed by atoms with E-state index in [9.17, 15) is 24.3 Å². The van der Waals surface area contributed by atoms with E-state index in [1.54, 1.807) is 12.2 Å². The van der Waals surface area contributed by atoms with Gasteiger partial charge in [0.2, 0.25) is 17.7 Å². The molecule has 2 aromatic rings. The fraction of sp³-hybridized carbons (Fsp3) is 0.400. The Labute approximate surface area is 251 Å². The van der Waals surface area contributed by atoms with Crippen molar-refractivity contribution >= 4 is 48.9 Å². The van der Waals surface area contributed by atoms with Crippen LogP contribution < -0.4 is 16.0 Å². The monoisotopic (exact) mass is 599 g/mol. The van der Waals surface area contributed by atoms with Crippen LogP contribution in [0.15, 0.2) is 72.8 Å². The molecule has 3 amide bonds. The standard InChI is InChI=1S/C30H37N3O6S2/c34-26-18-28(36)39-22(13-7-8-14-40)17-27(35)31-24(16-21-11-5-2-6-12-21)29(37)33-25(19-41)30(38)32-23(26)15-20-9-3-1-4-10-20/h1-7,9-13,22-26,34,40-41H,8,14-19H2,(H,31,35)(H,32,38)(H,33,37)/t22-,23-,24-,25-,26+/m1/s1. The number of hydrogen-bond donors (Lipinski definition) is 6. The van der Waals surface area contributed by atoms with Crippen molar-refractivity contribution in [2.24, 2.45) is 0 Å². The zero-order valence-corrected chi connectivity index (χ0v) is 24.4. The Hall–Kier alpha value is -3.28. The minimum absolute atomic E-state index is 0.0300. The van der Waals surface area contributed by atoms with Crippen molar-refractivity contribution in [1.82, 2.24) is 16.0 Å². The number of cyclic esters (lactones) is 1. The van der Waals surface area contributed by atoms with Crippen LogP contribution >= 0.6 is 25.3 Å². The highest BCUT2D eigenvalue weighted by Crippen LogP contribution is 2.14. The van der Waals surface area contributed by atoms with Gasteiger partial charge in [-0.15, -0.1) is 0 Å². The van der Waals surface area contributed by atoms with Gasteiger partial charge in [0.15, 0.2) is 0 Å². The molecule has 1 aliphatic rings. The molecule has 0 saturated carbocycles. The summed E-state index contributed by atoms with van der Waals surface area (Å²) in [5.41, 5.74) is 1.64. The van der Waals surface area contributed by atoms with Crippen LogP contribution in [0.5, 0.6) is 0 Å². The number of carbonyl (C=O) groups excluding carboxylic acids is 4. The third kappa shape index (κ3) is 10.9. The molecule has 0 bridgehead atoms. The van der Waals surface area contributed by atoms with Gasteiger partial charge in [-0.3, -0.25) is 19.2 Å². The number of hydrogen-bond acceptors (Lipinski definition) is 8. The van der Waals surface area contributed by atoms with Gasteiger partial charge in [0.1, 0.15) is 18.2 Å². The van der Waals surface area contributed by atoms with Crippen LogP contribution in [0.2, 0.25) is 0 Å². The fourth-order valence-electron chi connectivity index (χ4n) is 4.40. The third-order valence-corrected chi connectivity index (χ3v) is 7.16. The summed E-state index contributed by atoms with van der Waals surface area (Å²) in [6.07, 6.45) is 1.50. The van der Waals surface area contributed by atoms with Gasteiger partial charge in [-0.1, -0.05) is 66.7 Å². The van der Waals surface area contributed by atoms with Crippen molar-refractivity contribution < 1.29 is 29.0 Å². The Morgan fingerprint density at radius 1 is 0.805 bits per heavy atom. The average Bonchev–Trinajstić information content (AvgIpc) is 2.95. The Morgan fingerprint density at radius 3 is 2.02 bits per heavy atom. The number of ether oxygens (including phenoxy) is 1. The van der Waals surface area contributed by atoms with Crippen LogP contribution in [0.25, 0.3) is 0 Å². The smallest absolute Gasteiger partial charge is 0.309 e. The molecule has 0 unspecified atom stereocenters. The van der Waals surface area contributed by atoms with E-state index in [2.05, 4.69) is 41.2 Å². The summed E-state index contributed by atoms with van der Waals surface area (Å²) in [7, 11) is 0. The number of nitrogens with one attached hydrogen (secondary N) is 3. The molecule has 1 aliphatic heterocycles. The number of allylic oxidation sites excluding steroid dienone is 1. The van der Waals surface area contributed by atoms with E-state index in [1.807, 2.05) is 60.7 Å². The quantitative estimate of drug-likeness (QED) is 0.156. The maximum absolute atomic E-state index is 13.4. The predicted molar refractivity (Wildman–Crippen MR) is 163 cm³/mol. The molecule has 0 radical (unpaired) electrons. The molecular formula is C30H37N3O6S2. The van der Waals surface area contributed by atoms with Crippen LogP contribution in [-0.4, -0.2) is 70.6 Å². The summed E-state index contributed by atoms with van der Waals surface area (Å²) < 4.78 is 5.57. The molecule has 2 aromatic carbocycles. The first-order valence-corrected chi connectivity index (χ1v) is 14.8. The van der Waals surface area contributed by atoms with E-state index in [4.69, 9.17) is 4.74 Å². The van der Waals surface area contributed by atoms with Crippen molar-refractivity contribution in [3.05, 3.63) is 83.9 Å². The Morgan fingerprint density at radius 2 is 1.41 bits per heavy atom. The zero-order valence-electron chi connectivity index (χ0n) is 22.6. The largest absolute Gasteiger partial charge is 0.457 e. The lowest BCUT2D eigenvalue weighted by Gasteiger charge is -2.27. The molecule has 11 heteroatoms. The minimum atomic E-state index is -1.30. The van der Waals surface area contributed by atoms with Crippen LogP contribution in [-0.2, 0) is 36.8 Å². The van der Waals surface area contributed by atoms with Crippen molar-refractivity contribution in [2.45, 2.75) is 62.4 Å². The molecule has 3 rings (SSSR count). The number of carbonyl (C=O) groups is 4. The van der Waals surface area contributed by atoms with Crippen molar-refractivity contribution in [3.8, 4) is 0 Å². The molecule has 0 aliphatic carbocycles. The highest BCUT2D eigenvalue weighted by atomic mass is 32.1. The van der Waals surface area contributed by atoms with Crippen molar-refractivity contribution in [1.29, 1.82) is 0 Å². The van der Waals surface area contributed by atoms with E-state index in [1.165, 1.54) is 0 Å². The maximum Gasteiger partial charge on any atom is 0.309 e. The molecule has 5 atom stereocenters. The summed E-state index contributed by atoms with van der Waals surface area (Å²) in [6, 6.07) is 15.4. The second-order valence-corrected chi connectivity index (χ2v) is 10.6. The number of thiol groups is 2. The number of esters is 1. The molecule has 1 saturated heterocycles. The number of aliphatic hydroxyl groups is 1. The van der Waals surface area contributed by atoms with Crippen molar-refractivity contribution in [2.75, 3.05) is 11.5 Å². The topological polar surface area (TPSA) is 134 Å². The first-order chi connectivity index (χ1) is 19.8. The molecule has 4 N–H and O–H groups in total. The normalized spacial score (nSPS) is 24.9. The van der Waals surface area contributed by atoms with Crippen molar-refractivity contribution in [3.63, 3.8) is 0 Å². The van der Waals surface area contributed by atoms with Crippen LogP contribution in [0.4, 0.5) is 0 Å². The molecule has 1 fully saturated rings. The number of rotatable bonds is 8. The SMILES string of the molecule is O=C1C[C@@H](C=CCCS)OC(=O)C[C@H](O)[C@@H](Cc2ccccc2)NC(=O)[C@@H](CS)NC(=O)[C@@H](Cc2ccccc2)N1. The average molecular weight is 600 g/mol. The summed E-state index contributed by atoms with van der Waals surface area (Å²) in [5, 5.41) is 19.2. The van der Waals surface area contributed by atoms with Gasteiger partial charge in [-0.25, -0.2) is 0 Å². The zero-order chi connectivity index (χ0) is 29.6. The predicted octanol–water partition coefficient (Wildman–Crippen LogP) is 1.80. The summed E-state index contributed by atoms with van der Waals surface area (Å²) in [4.78, 5) is 52.6. The molecule has 220 valence electrons. The van der Waals surface area contributed by atoms with Gasteiger partial charge in [-0.2, -0.15) is 25.3 Å². The fourth-order valence-corrected chi connectivity index (χ4v) is 4.80. The summed E-state index contributed by atoms with van der Waals surface area (Å²) >= 11 is 8.44. The Bertz CT molecular complexity index is 1180. The van der Waals surface area contributed by atoms with Crippen LogP contribution in [0.1, 0.15) is 30.4 Å². The first kappa shape index (κ1) is 32.2. The van der Waals surface area contributed by atoms with E-state index in [0.29, 0.717) is 12.2 Å². The number of amides is 3. The molecule has 41 heavy (non-hydrogen) atoms. The van der Waals surface area contributed by atoms with E-state index < -0.39 is 60.4 Å². The van der Waals surface area contributed by atoms with E-state index in [0.717, 1.165) is 11.1 Å². The Kier molecular flexibility index (Phi) is 13.3. The van der Waals surface area contributed by atoms with Gasteiger partial charge < -0.3 is 25.8 Å². The van der Waals surface area contributed by atoms with Crippen LogP contribution in [0.3, 0.4) is 0 Å². The second-order valence-electron chi connectivity index (χ2n) is 9.80. The van der Waals surface area contributed by atoms with Gasteiger partial charge in [0.05, 0.1) is 25.0 Å². The molecule has 1 heterocycles. The molecular weight excluding hydrogens is 562 g/mol. The van der Waals surface area contributed by atoms with Gasteiger partial charge in [0.25, 0.3) is 0 Å². The first-order valence-electron chi connectivity index (χ1n) is 13.5. The number of aliphatic hydroxyl groups excluding tert-OH is 1. The van der Waals surface area contributed by atoms with E-state index >= 15 is 0 Å². The molecule has 9 nitrogen and oxygen atoms in total. The van der Waals surface area contributed by atoms with E-state index in [-0.39, 0.29) is 25.0 Å². The molecule has 0 spiro atoms.